The maximum Gasteiger partial charge on any atom is 0.292 e. The largest absolute Gasteiger partial charge is 0.438 e. The molecule has 6 rings (SSSR count). The first-order valence-electron chi connectivity index (χ1n) is 10.3. The first-order valence-corrected chi connectivity index (χ1v) is 10.3. The number of imidazole rings is 1. The average Bonchev–Trinajstić information content (AvgIpc) is 3.53. The molecule has 1 aromatic carbocycles. The first kappa shape index (κ1) is 18.4. The maximum absolute atomic E-state index is 13.7. The van der Waals surface area contributed by atoms with Crippen molar-refractivity contribution in [2.24, 2.45) is 0 Å². The second-order valence-corrected chi connectivity index (χ2v) is 7.62. The van der Waals surface area contributed by atoms with Gasteiger partial charge in [0, 0.05) is 36.4 Å². The van der Waals surface area contributed by atoms with Gasteiger partial charge in [0.05, 0.1) is 23.4 Å². The lowest BCUT2D eigenvalue weighted by Gasteiger charge is -2.34. The zero-order valence-electron chi connectivity index (χ0n) is 17.0. The van der Waals surface area contributed by atoms with Crippen molar-refractivity contribution in [3.63, 3.8) is 0 Å². The van der Waals surface area contributed by atoms with Crippen LogP contribution in [0.5, 0.6) is 0 Å². The van der Waals surface area contributed by atoms with E-state index < -0.39 is 6.04 Å². The Morgan fingerprint density at radius 3 is 2.78 bits per heavy atom. The van der Waals surface area contributed by atoms with E-state index in [1.54, 1.807) is 23.5 Å². The third-order valence-electron chi connectivity index (χ3n) is 5.79. The number of oxazole rings is 1. The predicted molar refractivity (Wildman–Crippen MR) is 117 cm³/mol. The first-order chi connectivity index (χ1) is 15.8. The molecule has 8 nitrogen and oxygen atoms in total. The topological polar surface area (TPSA) is 101 Å². The van der Waals surface area contributed by atoms with Crippen LogP contribution in [0.1, 0.15) is 33.7 Å². The molecule has 1 N–H and O–H groups in total. The highest BCUT2D eigenvalue weighted by Crippen LogP contribution is 2.35. The Balaban J connectivity index is 1.45. The number of benzene rings is 1. The Labute approximate surface area is 183 Å². The number of carbonyl (C=O) groups is 1. The van der Waals surface area contributed by atoms with Crippen LogP contribution in [0.4, 0.5) is 0 Å². The number of fused-ring (bicyclic) bond motifs is 2. The van der Waals surface area contributed by atoms with Gasteiger partial charge in [-0.3, -0.25) is 14.8 Å². The van der Waals surface area contributed by atoms with Crippen LogP contribution in [-0.2, 0) is 6.42 Å². The third kappa shape index (κ3) is 2.96. The summed E-state index contributed by atoms with van der Waals surface area (Å²) >= 11 is 0. The van der Waals surface area contributed by atoms with Crippen molar-refractivity contribution in [1.29, 1.82) is 0 Å². The lowest BCUT2D eigenvalue weighted by Crippen LogP contribution is -2.41. The summed E-state index contributed by atoms with van der Waals surface area (Å²) in [4.78, 5) is 36.5. The smallest absolute Gasteiger partial charge is 0.292 e. The van der Waals surface area contributed by atoms with Crippen LogP contribution in [0.15, 0.2) is 78.1 Å². The van der Waals surface area contributed by atoms with Crippen molar-refractivity contribution in [2.75, 3.05) is 6.54 Å². The van der Waals surface area contributed by atoms with E-state index in [0.29, 0.717) is 24.4 Å². The summed E-state index contributed by atoms with van der Waals surface area (Å²) in [7, 11) is 0. The molecule has 0 radical (unpaired) electrons. The highest BCUT2D eigenvalue weighted by Gasteiger charge is 2.37. The number of aromatic nitrogens is 5. The predicted octanol–water partition coefficient (Wildman–Crippen LogP) is 3.80. The molecule has 1 amide bonds. The van der Waals surface area contributed by atoms with Crippen LogP contribution in [0.25, 0.3) is 22.2 Å². The Morgan fingerprint density at radius 2 is 1.91 bits per heavy atom. The van der Waals surface area contributed by atoms with E-state index in [4.69, 9.17) is 9.40 Å². The standard InChI is InChI=1S/C24H18N6O2/c31-24(23-21(29-14-32-23)17-7-3-4-9-25-17)30-10-8-18-20(28-13-27-18)22(30)19-11-15-5-1-2-6-16(15)12-26-19/h1-7,9,11-14,22H,8,10H2,(H,27,28)/t22-/m1/s1. The SMILES string of the molecule is O=C(c1ocnc1-c1ccccn1)N1CCc2[nH]cnc2[C@H]1c1cc2ccccc2cn1. The number of pyridine rings is 2. The number of H-pyrrole nitrogens is 1. The molecule has 1 atom stereocenters. The lowest BCUT2D eigenvalue weighted by atomic mass is 9.97. The number of carbonyl (C=O) groups excluding carboxylic acids is 1. The quantitative estimate of drug-likeness (QED) is 0.475. The molecule has 156 valence electrons. The molecular formula is C24H18N6O2. The lowest BCUT2D eigenvalue weighted by molar-refractivity contribution is 0.0655. The van der Waals surface area contributed by atoms with Crippen molar-refractivity contribution in [3.8, 4) is 11.4 Å². The van der Waals surface area contributed by atoms with Gasteiger partial charge in [-0.2, -0.15) is 0 Å². The minimum atomic E-state index is -0.441. The number of hydrogen-bond acceptors (Lipinski definition) is 6. The summed E-state index contributed by atoms with van der Waals surface area (Å²) < 4.78 is 5.57. The fourth-order valence-corrected chi connectivity index (χ4v) is 4.26. The fraction of sp³-hybridized carbons (Fsp3) is 0.125. The third-order valence-corrected chi connectivity index (χ3v) is 5.79. The normalized spacial score (nSPS) is 15.6. The summed E-state index contributed by atoms with van der Waals surface area (Å²) in [6.45, 7) is 0.496. The second kappa shape index (κ2) is 7.42. The van der Waals surface area contributed by atoms with Crippen LogP contribution in [0.3, 0.4) is 0 Å². The average molecular weight is 422 g/mol. The van der Waals surface area contributed by atoms with Crippen molar-refractivity contribution in [2.45, 2.75) is 12.5 Å². The number of aromatic amines is 1. The minimum Gasteiger partial charge on any atom is -0.438 e. The van der Waals surface area contributed by atoms with E-state index in [2.05, 4.69) is 19.9 Å². The number of amides is 1. The Morgan fingerprint density at radius 1 is 1.03 bits per heavy atom. The van der Waals surface area contributed by atoms with Gasteiger partial charge < -0.3 is 14.3 Å². The summed E-state index contributed by atoms with van der Waals surface area (Å²) in [5.74, 6) is -0.106. The van der Waals surface area contributed by atoms with Gasteiger partial charge in [0.2, 0.25) is 5.76 Å². The van der Waals surface area contributed by atoms with Crippen LogP contribution in [0.2, 0.25) is 0 Å². The molecule has 0 aliphatic carbocycles. The Bertz CT molecular complexity index is 1420. The van der Waals surface area contributed by atoms with Gasteiger partial charge in [-0.05, 0) is 23.6 Å². The zero-order chi connectivity index (χ0) is 21.5. The summed E-state index contributed by atoms with van der Waals surface area (Å²) in [6, 6.07) is 15.1. The minimum absolute atomic E-state index is 0.161. The molecule has 0 fully saturated rings. The number of rotatable bonds is 3. The molecule has 1 aliphatic heterocycles. The van der Waals surface area contributed by atoms with Crippen molar-refractivity contribution < 1.29 is 9.21 Å². The van der Waals surface area contributed by atoms with Crippen molar-refractivity contribution in [1.82, 2.24) is 29.8 Å². The van der Waals surface area contributed by atoms with E-state index in [-0.39, 0.29) is 11.7 Å². The van der Waals surface area contributed by atoms with E-state index in [1.807, 2.05) is 48.7 Å². The van der Waals surface area contributed by atoms with E-state index in [1.165, 1.54) is 6.39 Å². The van der Waals surface area contributed by atoms with Gasteiger partial charge >= 0.3 is 0 Å². The number of nitrogens with one attached hydrogen (secondary N) is 1. The molecule has 5 heterocycles. The van der Waals surface area contributed by atoms with Crippen molar-refractivity contribution >= 4 is 16.7 Å². The van der Waals surface area contributed by atoms with Crippen LogP contribution in [-0.4, -0.2) is 42.3 Å². The summed E-state index contributed by atoms with van der Waals surface area (Å²) in [6.07, 6.45) is 7.11. The van der Waals surface area contributed by atoms with Gasteiger partial charge in [-0.25, -0.2) is 9.97 Å². The molecule has 0 bridgehead atoms. The highest BCUT2D eigenvalue weighted by atomic mass is 16.3. The Hall–Kier alpha value is -4.33. The Kier molecular flexibility index (Phi) is 4.28. The van der Waals surface area contributed by atoms with Crippen LogP contribution >= 0.6 is 0 Å². The highest BCUT2D eigenvalue weighted by molar-refractivity contribution is 5.97. The number of hydrogen-bond donors (Lipinski definition) is 1. The molecule has 0 saturated carbocycles. The maximum atomic E-state index is 13.7. The molecule has 1 aliphatic rings. The molecule has 8 heteroatoms. The molecule has 4 aromatic heterocycles. The molecule has 5 aromatic rings. The summed E-state index contributed by atoms with van der Waals surface area (Å²) in [5.41, 5.74) is 3.57. The second-order valence-electron chi connectivity index (χ2n) is 7.62. The molecule has 0 saturated heterocycles. The van der Waals surface area contributed by atoms with Gasteiger partial charge in [0.25, 0.3) is 5.91 Å². The van der Waals surface area contributed by atoms with Gasteiger partial charge in [-0.15, -0.1) is 0 Å². The van der Waals surface area contributed by atoms with Gasteiger partial charge in [0.1, 0.15) is 11.7 Å². The summed E-state index contributed by atoms with van der Waals surface area (Å²) in [5, 5.41) is 2.10. The monoisotopic (exact) mass is 422 g/mol. The fourth-order valence-electron chi connectivity index (χ4n) is 4.26. The van der Waals surface area contributed by atoms with Gasteiger partial charge in [-0.1, -0.05) is 30.3 Å². The molecule has 0 unspecified atom stereocenters. The van der Waals surface area contributed by atoms with Gasteiger partial charge in [0.15, 0.2) is 6.39 Å². The van der Waals surface area contributed by atoms with E-state index in [0.717, 1.165) is 27.9 Å². The number of nitrogens with zero attached hydrogens (tertiary/aromatic N) is 5. The van der Waals surface area contributed by atoms with Crippen molar-refractivity contribution in [3.05, 3.63) is 96.5 Å². The zero-order valence-corrected chi connectivity index (χ0v) is 17.0. The molecule has 0 spiro atoms. The van der Waals surface area contributed by atoms with E-state index in [9.17, 15) is 4.79 Å². The molecular weight excluding hydrogens is 404 g/mol. The van der Waals surface area contributed by atoms with E-state index >= 15 is 0 Å². The van der Waals surface area contributed by atoms with Crippen LogP contribution < -0.4 is 0 Å². The van der Waals surface area contributed by atoms with Crippen LogP contribution in [0, 0.1) is 0 Å². The molecule has 32 heavy (non-hydrogen) atoms.